The first-order valence-electron chi connectivity index (χ1n) is 10.6. The highest BCUT2D eigenvalue weighted by Gasteiger charge is 2.25. The lowest BCUT2D eigenvalue weighted by atomic mass is 10.00. The molecule has 6 nitrogen and oxygen atoms in total. The fourth-order valence-corrected chi connectivity index (χ4v) is 3.70. The largest absolute Gasteiger partial charge is 0.497 e. The van der Waals surface area contributed by atoms with Gasteiger partial charge in [0.1, 0.15) is 17.1 Å². The molecule has 0 fully saturated rings. The van der Waals surface area contributed by atoms with Crippen LogP contribution in [0.25, 0.3) is 22.1 Å². The maximum Gasteiger partial charge on any atom is 0.352 e. The van der Waals surface area contributed by atoms with E-state index in [1.807, 2.05) is 48.5 Å². The van der Waals surface area contributed by atoms with Gasteiger partial charge in [0, 0.05) is 22.6 Å². The van der Waals surface area contributed by atoms with Crippen molar-refractivity contribution in [2.75, 3.05) is 13.7 Å². The van der Waals surface area contributed by atoms with Gasteiger partial charge in [0.2, 0.25) is 6.10 Å². The molecule has 0 bridgehead atoms. The molecule has 1 aromatic heterocycles. The van der Waals surface area contributed by atoms with E-state index in [2.05, 4.69) is 0 Å². The molecule has 3 aromatic carbocycles. The Kier molecular flexibility index (Phi) is 6.45. The van der Waals surface area contributed by atoms with Crippen molar-refractivity contribution >= 4 is 16.9 Å². The van der Waals surface area contributed by atoms with E-state index in [-0.39, 0.29) is 6.61 Å². The van der Waals surface area contributed by atoms with E-state index in [1.165, 1.54) is 6.07 Å². The Morgan fingerprint density at radius 3 is 2.39 bits per heavy atom. The number of esters is 1. The third-order valence-corrected chi connectivity index (χ3v) is 5.36. The van der Waals surface area contributed by atoms with Gasteiger partial charge in [-0.15, -0.1) is 0 Å². The molecule has 0 aliphatic rings. The fourth-order valence-electron chi connectivity index (χ4n) is 3.70. The molecule has 0 saturated heterocycles. The molecule has 0 aliphatic carbocycles. The Morgan fingerprint density at radius 1 is 1.00 bits per heavy atom. The van der Waals surface area contributed by atoms with Gasteiger partial charge in [-0.25, -0.2) is 9.59 Å². The second kappa shape index (κ2) is 9.61. The first-order chi connectivity index (χ1) is 16.0. The Hall–Kier alpha value is -4.06. The zero-order valence-corrected chi connectivity index (χ0v) is 18.7. The van der Waals surface area contributed by atoms with Crippen molar-refractivity contribution < 1.29 is 23.4 Å². The van der Waals surface area contributed by atoms with E-state index in [0.717, 1.165) is 22.3 Å². The van der Waals surface area contributed by atoms with Gasteiger partial charge in [-0.2, -0.15) is 0 Å². The number of ether oxygens (including phenoxy) is 3. The zero-order valence-electron chi connectivity index (χ0n) is 18.7. The fraction of sp³-hybridized carbons (Fsp3) is 0.185. The molecular weight excluding hydrogens is 420 g/mol. The summed E-state index contributed by atoms with van der Waals surface area (Å²) >= 11 is 0. The number of carbonyl (C=O) groups is 1. The van der Waals surface area contributed by atoms with E-state index >= 15 is 0 Å². The minimum Gasteiger partial charge on any atom is -0.497 e. The average Bonchev–Trinajstić information content (AvgIpc) is 2.84. The highest BCUT2D eigenvalue weighted by molar-refractivity contribution is 5.95. The molecule has 0 unspecified atom stereocenters. The smallest absolute Gasteiger partial charge is 0.352 e. The predicted molar refractivity (Wildman–Crippen MR) is 126 cm³/mol. The van der Waals surface area contributed by atoms with Crippen LogP contribution >= 0.6 is 0 Å². The molecule has 0 aliphatic heterocycles. The average molecular weight is 444 g/mol. The van der Waals surface area contributed by atoms with Crippen LogP contribution in [0, 0.1) is 6.92 Å². The molecule has 0 radical (unpaired) electrons. The molecular formula is C27H24O6. The molecule has 4 aromatic rings. The first-order valence-corrected chi connectivity index (χ1v) is 10.6. The molecule has 1 heterocycles. The van der Waals surface area contributed by atoms with Crippen LogP contribution in [-0.2, 0) is 9.53 Å². The van der Waals surface area contributed by atoms with Crippen LogP contribution in [0.2, 0.25) is 0 Å². The maximum absolute atomic E-state index is 12.6. The Morgan fingerprint density at radius 2 is 1.73 bits per heavy atom. The summed E-state index contributed by atoms with van der Waals surface area (Å²) in [5.41, 5.74) is 2.81. The lowest BCUT2D eigenvalue weighted by Gasteiger charge is -2.20. The zero-order chi connectivity index (χ0) is 23.4. The minimum absolute atomic E-state index is 0.238. The van der Waals surface area contributed by atoms with Gasteiger partial charge in [0.15, 0.2) is 0 Å². The minimum atomic E-state index is -0.946. The SMILES string of the molecule is CCOC(=O)[C@@H](Oc1ccc2c(-c3ccc(OC)cc3)cc(=O)oc2c1C)c1ccccc1. The standard InChI is InChI=1S/C27H24O6/c1-4-31-27(29)26(19-8-6-5-7-9-19)32-23-15-14-21-22(16-24(28)33-25(21)17(23)2)18-10-12-20(30-3)13-11-18/h5-16,26H,4H2,1-3H3/t26-/m0/s1. The van der Waals surface area contributed by atoms with Gasteiger partial charge in [-0.05, 0) is 49.2 Å². The quantitative estimate of drug-likeness (QED) is 0.278. The Balaban J connectivity index is 1.79. The lowest BCUT2D eigenvalue weighted by Crippen LogP contribution is -2.21. The summed E-state index contributed by atoms with van der Waals surface area (Å²) in [5, 5.41) is 0.761. The van der Waals surface area contributed by atoms with Crippen molar-refractivity contribution in [1.29, 1.82) is 0 Å². The van der Waals surface area contributed by atoms with Crippen molar-refractivity contribution in [3.8, 4) is 22.6 Å². The molecule has 0 saturated carbocycles. The number of aryl methyl sites for hydroxylation is 1. The molecule has 4 rings (SSSR count). The van der Waals surface area contributed by atoms with Crippen LogP contribution in [0.5, 0.6) is 11.5 Å². The van der Waals surface area contributed by atoms with Crippen LogP contribution in [0.1, 0.15) is 24.2 Å². The van der Waals surface area contributed by atoms with Crippen LogP contribution in [0.4, 0.5) is 0 Å². The van der Waals surface area contributed by atoms with Crippen LogP contribution in [0.3, 0.4) is 0 Å². The number of carbonyl (C=O) groups excluding carboxylic acids is 1. The highest BCUT2D eigenvalue weighted by Crippen LogP contribution is 2.35. The van der Waals surface area contributed by atoms with Gasteiger partial charge in [-0.3, -0.25) is 0 Å². The van der Waals surface area contributed by atoms with Gasteiger partial charge in [0.05, 0.1) is 13.7 Å². The van der Waals surface area contributed by atoms with Gasteiger partial charge >= 0.3 is 11.6 Å². The van der Waals surface area contributed by atoms with E-state index in [1.54, 1.807) is 39.2 Å². The van der Waals surface area contributed by atoms with Crippen molar-refractivity contribution in [2.24, 2.45) is 0 Å². The molecule has 0 spiro atoms. The van der Waals surface area contributed by atoms with Gasteiger partial charge < -0.3 is 18.6 Å². The van der Waals surface area contributed by atoms with E-state index in [4.69, 9.17) is 18.6 Å². The van der Waals surface area contributed by atoms with Crippen molar-refractivity contribution in [1.82, 2.24) is 0 Å². The number of methoxy groups -OCH3 is 1. The molecule has 1 atom stereocenters. The molecule has 6 heteroatoms. The summed E-state index contributed by atoms with van der Waals surface area (Å²) in [6.07, 6.45) is -0.946. The summed E-state index contributed by atoms with van der Waals surface area (Å²) in [4.78, 5) is 25.0. The summed E-state index contributed by atoms with van der Waals surface area (Å²) in [6, 6.07) is 21.7. The van der Waals surface area contributed by atoms with E-state index < -0.39 is 17.7 Å². The number of hydrogen-bond donors (Lipinski definition) is 0. The number of fused-ring (bicyclic) bond motifs is 1. The van der Waals surface area contributed by atoms with Crippen molar-refractivity contribution in [3.63, 3.8) is 0 Å². The van der Waals surface area contributed by atoms with Crippen molar-refractivity contribution in [2.45, 2.75) is 20.0 Å². The second-order valence-electron chi connectivity index (χ2n) is 7.43. The number of hydrogen-bond acceptors (Lipinski definition) is 6. The number of rotatable bonds is 7. The predicted octanol–water partition coefficient (Wildman–Crippen LogP) is 5.46. The van der Waals surface area contributed by atoms with E-state index in [9.17, 15) is 9.59 Å². The summed E-state index contributed by atoms with van der Waals surface area (Å²) in [6.45, 7) is 3.78. The maximum atomic E-state index is 12.6. The van der Waals surface area contributed by atoms with E-state index in [0.29, 0.717) is 22.5 Å². The third kappa shape index (κ3) is 4.60. The summed E-state index contributed by atoms with van der Waals surface area (Å²) in [7, 11) is 1.60. The molecule has 168 valence electrons. The molecule has 0 amide bonds. The van der Waals surface area contributed by atoms with Gasteiger partial charge in [0.25, 0.3) is 0 Å². The third-order valence-electron chi connectivity index (χ3n) is 5.36. The molecule has 33 heavy (non-hydrogen) atoms. The number of benzene rings is 3. The monoisotopic (exact) mass is 444 g/mol. The topological polar surface area (TPSA) is 75.0 Å². The Labute approximate surface area is 191 Å². The van der Waals surface area contributed by atoms with Gasteiger partial charge in [-0.1, -0.05) is 42.5 Å². The molecule has 0 N–H and O–H groups in total. The van der Waals surface area contributed by atoms with Crippen LogP contribution in [0.15, 0.2) is 82.0 Å². The van der Waals surface area contributed by atoms with Crippen LogP contribution < -0.4 is 15.1 Å². The highest BCUT2D eigenvalue weighted by atomic mass is 16.6. The van der Waals surface area contributed by atoms with Crippen LogP contribution in [-0.4, -0.2) is 19.7 Å². The Bertz CT molecular complexity index is 1320. The summed E-state index contributed by atoms with van der Waals surface area (Å²) in [5.74, 6) is 0.667. The normalized spacial score (nSPS) is 11.7. The second-order valence-corrected chi connectivity index (χ2v) is 7.43. The van der Waals surface area contributed by atoms with Crippen molar-refractivity contribution in [3.05, 3.63) is 94.3 Å². The lowest BCUT2D eigenvalue weighted by molar-refractivity contribution is -0.151. The summed E-state index contributed by atoms with van der Waals surface area (Å²) < 4.78 is 22.1. The first kappa shape index (κ1) is 22.1.